The number of nitrogens with one attached hydrogen (secondary N) is 1. The van der Waals surface area contributed by atoms with Crippen molar-refractivity contribution in [3.8, 4) is 0 Å². The molecular weight excluding hydrogens is 557 g/mol. The number of anilines is 1. The average molecular weight is 598 g/mol. The summed E-state index contributed by atoms with van der Waals surface area (Å²) in [5.41, 5.74) is 3.98. The Morgan fingerprint density at radius 2 is 1.66 bits per heavy atom. The van der Waals surface area contributed by atoms with Gasteiger partial charge in [0.25, 0.3) is 5.91 Å². The van der Waals surface area contributed by atoms with E-state index in [0.29, 0.717) is 30.9 Å². The maximum atomic E-state index is 14.2. The number of hydrogen-bond donors (Lipinski definition) is 1. The lowest BCUT2D eigenvalue weighted by atomic mass is 9.79. The van der Waals surface area contributed by atoms with Gasteiger partial charge in [0.05, 0.1) is 24.3 Å². The summed E-state index contributed by atoms with van der Waals surface area (Å²) in [4.78, 5) is 34.3. The Labute approximate surface area is 258 Å². The van der Waals surface area contributed by atoms with E-state index < -0.39 is 12.0 Å². The molecule has 1 fully saturated rings. The van der Waals surface area contributed by atoms with E-state index in [2.05, 4.69) is 38.0 Å². The van der Waals surface area contributed by atoms with Gasteiger partial charge in [-0.15, -0.1) is 0 Å². The maximum absolute atomic E-state index is 14.2. The molecule has 1 saturated heterocycles. The van der Waals surface area contributed by atoms with E-state index in [1.807, 2.05) is 60.5 Å². The molecule has 2 aliphatic rings. The first-order chi connectivity index (χ1) is 21.5. The van der Waals surface area contributed by atoms with Gasteiger partial charge in [0, 0.05) is 81.7 Å². The molecule has 2 amide bonds. The van der Waals surface area contributed by atoms with Crippen LogP contribution in [-0.2, 0) is 16.6 Å². The molecule has 0 spiro atoms. The van der Waals surface area contributed by atoms with Crippen LogP contribution >= 0.6 is 0 Å². The van der Waals surface area contributed by atoms with Gasteiger partial charge in [-0.2, -0.15) is 0 Å². The van der Waals surface area contributed by atoms with Crippen molar-refractivity contribution in [1.82, 2.24) is 19.7 Å². The number of piperazine rings is 1. The number of rotatable bonds is 10. The highest BCUT2D eigenvalue weighted by atomic mass is 19.1. The third kappa shape index (κ3) is 5.81. The van der Waals surface area contributed by atoms with E-state index in [0.717, 1.165) is 61.2 Å². The lowest BCUT2D eigenvalue weighted by Gasteiger charge is -2.41. The normalized spacial score (nSPS) is 18.9. The van der Waals surface area contributed by atoms with Gasteiger partial charge in [-0.05, 0) is 42.8 Å². The Bertz CT molecular complexity index is 1630. The highest BCUT2D eigenvalue weighted by Gasteiger charge is 2.44. The van der Waals surface area contributed by atoms with Crippen LogP contribution in [0.3, 0.4) is 0 Å². The fraction of sp³-hybridized carbons (Fsp3) is 0.371. The number of benzene rings is 3. The predicted molar refractivity (Wildman–Crippen MR) is 170 cm³/mol. The molecule has 3 heterocycles. The molecular formula is C35H40FN5O3. The first-order valence-corrected chi connectivity index (χ1v) is 15.4. The minimum absolute atomic E-state index is 0.0883. The lowest BCUT2D eigenvalue weighted by Crippen LogP contribution is -2.49. The Kier molecular flexibility index (Phi) is 8.95. The number of para-hydroxylation sites is 2. The molecule has 1 aromatic heterocycles. The van der Waals surface area contributed by atoms with E-state index in [9.17, 15) is 14.0 Å². The van der Waals surface area contributed by atoms with Gasteiger partial charge in [-0.25, -0.2) is 4.39 Å². The maximum Gasteiger partial charge on any atom is 0.254 e. The van der Waals surface area contributed by atoms with Crippen molar-refractivity contribution in [2.75, 3.05) is 64.4 Å². The highest BCUT2D eigenvalue weighted by Crippen LogP contribution is 2.45. The second-order valence-electron chi connectivity index (χ2n) is 11.6. The van der Waals surface area contributed by atoms with Crippen LogP contribution in [0.2, 0.25) is 0 Å². The van der Waals surface area contributed by atoms with Crippen LogP contribution in [0.4, 0.5) is 10.1 Å². The van der Waals surface area contributed by atoms with Crippen LogP contribution in [0.1, 0.15) is 39.9 Å². The standard InChI is InChI=1S/C35H40FN5O3/c1-38-24-28(25-10-5-7-14-30(25)38)33-32(26-11-3-4-12-27(26)35(43)41(33)22-23-44-2)34(42)37-16-9-17-39-18-20-40(21-19-39)31-15-8-6-13-29(31)36/h3-8,10-15,24,32-33H,9,16-23H2,1-2H3,(H,37,42). The largest absolute Gasteiger partial charge is 0.383 e. The molecule has 6 rings (SSSR count). The number of halogens is 1. The van der Waals surface area contributed by atoms with Crippen molar-refractivity contribution in [3.05, 3.63) is 102 Å². The van der Waals surface area contributed by atoms with E-state index in [1.165, 1.54) is 6.07 Å². The van der Waals surface area contributed by atoms with Crippen molar-refractivity contribution in [2.24, 2.45) is 7.05 Å². The molecule has 44 heavy (non-hydrogen) atoms. The molecule has 230 valence electrons. The van der Waals surface area contributed by atoms with Crippen LogP contribution in [0.25, 0.3) is 10.9 Å². The Morgan fingerprint density at radius 1 is 0.932 bits per heavy atom. The zero-order valence-electron chi connectivity index (χ0n) is 25.4. The summed E-state index contributed by atoms with van der Waals surface area (Å²) in [5.74, 6) is -0.933. The quantitative estimate of drug-likeness (QED) is 0.271. The third-order valence-corrected chi connectivity index (χ3v) is 9.02. The second kappa shape index (κ2) is 13.2. The molecule has 4 aromatic rings. The number of ether oxygens (including phenoxy) is 1. The first-order valence-electron chi connectivity index (χ1n) is 15.4. The van der Waals surface area contributed by atoms with Crippen LogP contribution in [0, 0.1) is 5.82 Å². The molecule has 0 aliphatic carbocycles. The summed E-state index contributed by atoms with van der Waals surface area (Å²) in [6, 6.07) is 22.0. The van der Waals surface area contributed by atoms with E-state index in [1.54, 1.807) is 13.2 Å². The molecule has 2 unspecified atom stereocenters. The molecule has 3 aromatic carbocycles. The van der Waals surface area contributed by atoms with Crippen LogP contribution < -0.4 is 10.2 Å². The molecule has 0 saturated carbocycles. The molecule has 8 nitrogen and oxygen atoms in total. The number of fused-ring (bicyclic) bond motifs is 2. The van der Waals surface area contributed by atoms with Crippen LogP contribution in [0.15, 0.2) is 79.0 Å². The van der Waals surface area contributed by atoms with E-state index in [4.69, 9.17) is 4.74 Å². The Morgan fingerprint density at radius 3 is 2.45 bits per heavy atom. The van der Waals surface area contributed by atoms with Gasteiger partial charge >= 0.3 is 0 Å². The molecule has 0 bridgehead atoms. The smallest absolute Gasteiger partial charge is 0.254 e. The van der Waals surface area contributed by atoms with Crippen LogP contribution in [-0.4, -0.2) is 85.7 Å². The van der Waals surface area contributed by atoms with Gasteiger partial charge in [-0.1, -0.05) is 48.5 Å². The minimum atomic E-state index is -0.573. The number of aromatic nitrogens is 1. The van der Waals surface area contributed by atoms with Gasteiger partial charge in [0.15, 0.2) is 0 Å². The van der Waals surface area contributed by atoms with Crippen molar-refractivity contribution in [2.45, 2.75) is 18.4 Å². The first kappa shape index (κ1) is 29.8. The van der Waals surface area contributed by atoms with Crippen molar-refractivity contribution >= 4 is 28.4 Å². The summed E-state index contributed by atoms with van der Waals surface area (Å²) in [5, 5.41) is 4.25. The third-order valence-electron chi connectivity index (χ3n) is 9.02. The van der Waals surface area contributed by atoms with Crippen molar-refractivity contribution in [3.63, 3.8) is 0 Å². The zero-order chi connectivity index (χ0) is 30.6. The van der Waals surface area contributed by atoms with Gasteiger partial charge in [0.2, 0.25) is 5.91 Å². The molecule has 9 heteroatoms. The molecule has 1 N–H and O–H groups in total. The number of amides is 2. The van der Waals surface area contributed by atoms with Gasteiger partial charge in [-0.3, -0.25) is 14.5 Å². The van der Waals surface area contributed by atoms with Crippen molar-refractivity contribution in [1.29, 1.82) is 0 Å². The Balaban J connectivity index is 1.18. The highest BCUT2D eigenvalue weighted by molar-refractivity contribution is 6.02. The average Bonchev–Trinajstić information content (AvgIpc) is 3.39. The number of methoxy groups -OCH3 is 1. The predicted octanol–water partition coefficient (Wildman–Crippen LogP) is 4.57. The topological polar surface area (TPSA) is 70.1 Å². The summed E-state index contributed by atoms with van der Waals surface area (Å²) in [6.07, 6.45) is 2.85. The van der Waals surface area contributed by atoms with Crippen molar-refractivity contribution < 1.29 is 18.7 Å². The fourth-order valence-corrected chi connectivity index (χ4v) is 6.81. The van der Waals surface area contributed by atoms with E-state index >= 15 is 0 Å². The summed E-state index contributed by atoms with van der Waals surface area (Å²) in [7, 11) is 3.62. The SMILES string of the molecule is COCCN1C(=O)c2ccccc2C(C(=O)NCCCN2CCN(c3ccccc3F)CC2)C1c1cn(C)c2ccccc12. The molecule has 2 atom stereocenters. The molecule has 0 radical (unpaired) electrons. The fourth-order valence-electron chi connectivity index (χ4n) is 6.81. The number of carbonyl (C=O) groups is 2. The van der Waals surface area contributed by atoms with Crippen LogP contribution in [0.5, 0.6) is 0 Å². The van der Waals surface area contributed by atoms with Gasteiger partial charge in [0.1, 0.15) is 5.82 Å². The summed E-state index contributed by atoms with van der Waals surface area (Å²) >= 11 is 0. The van der Waals surface area contributed by atoms with E-state index in [-0.39, 0.29) is 17.6 Å². The Hall–Kier alpha value is -4.21. The summed E-state index contributed by atoms with van der Waals surface area (Å²) < 4.78 is 21.7. The monoisotopic (exact) mass is 597 g/mol. The summed E-state index contributed by atoms with van der Waals surface area (Å²) in [6.45, 7) is 5.34. The number of nitrogens with zero attached hydrogens (tertiary/aromatic N) is 4. The molecule has 2 aliphatic heterocycles. The zero-order valence-corrected chi connectivity index (χ0v) is 25.4. The minimum Gasteiger partial charge on any atom is -0.383 e. The number of aryl methyl sites for hydroxylation is 1. The van der Waals surface area contributed by atoms with Gasteiger partial charge < -0.3 is 24.4 Å². The second-order valence-corrected chi connectivity index (χ2v) is 11.6. The number of hydrogen-bond acceptors (Lipinski definition) is 5. The lowest BCUT2D eigenvalue weighted by molar-refractivity contribution is -0.124. The number of carbonyl (C=O) groups excluding carboxylic acids is 2.